The molecule has 0 saturated heterocycles. The molecule has 0 aliphatic heterocycles. The maximum Gasteiger partial charge on any atom is 0.131 e. The maximum absolute atomic E-state index is 14.2. The second kappa shape index (κ2) is 6.34. The summed E-state index contributed by atoms with van der Waals surface area (Å²) in [6.45, 7) is 3.14. The molecule has 100 valence electrons. The lowest BCUT2D eigenvalue weighted by molar-refractivity contribution is 0.341. The summed E-state index contributed by atoms with van der Waals surface area (Å²) >= 11 is 0. The van der Waals surface area contributed by atoms with Crippen molar-refractivity contribution < 1.29 is 9.13 Å². The molecular weight excluding hydrogens is 241 g/mol. The van der Waals surface area contributed by atoms with E-state index in [4.69, 9.17) is 4.74 Å². The lowest BCUT2D eigenvalue weighted by Crippen LogP contribution is -2.05. The molecule has 0 aliphatic carbocycles. The Kier molecular flexibility index (Phi) is 4.53. The van der Waals surface area contributed by atoms with Gasteiger partial charge in [-0.2, -0.15) is 0 Å². The van der Waals surface area contributed by atoms with Gasteiger partial charge in [0.25, 0.3) is 0 Å². The Hall–Kier alpha value is -1.87. The van der Waals surface area contributed by atoms with Crippen LogP contribution >= 0.6 is 0 Å². The highest BCUT2D eigenvalue weighted by molar-refractivity contribution is 5.71. The van der Waals surface area contributed by atoms with Crippen LogP contribution in [0.1, 0.15) is 12.5 Å². The van der Waals surface area contributed by atoms with Crippen LogP contribution in [0.2, 0.25) is 0 Å². The highest BCUT2D eigenvalue weighted by atomic mass is 19.1. The molecule has 0 heterocycles. The number of para-hydroxylation sites is 1. The van der Waals surface area contributed by atoms with E-state index in [1.807, 2.05) is 44.3 Å². The van der Waals surface area contributed by atoms with Gasteiger partial charge in [-0.05, 0) is 31.7 Å². The third-order valence-corrected chi connectivity index (χ3v) is 2.89. The number of benzene rings is 2. The minimum Gasteiger partial charge on any atom is -0.493 e. The van der Waals surface area contributed by atoms with Gasteiger partial charge in [0.15, 0.2) is 0 Å². The minimum atomic E-state index is -0.222. The zero-order valence-electron chi connectivity index (χ0n) is 11.2. The van der Waals surface area contributed by atoms with Gasteiger partial charge in [-0.25, -0.2) is 4.39 Å². The molecule has 19 heavy (non-hydrogen) atoms. The van der Waals surface area contributed by atoms with Crippen molar-refractivity contribution in [3.05, 3.63) is 53.8 Å². The topological polar surface area (TPSA) is 21.3 Å². The molecule has 0 spiro atoms. The predicted molar refractivity (Wildman–Crippen MR) is 75.8 cm³/mol. The van der Waals surface area contributed by atoms with E-state index < -0.39 is 0 Å². The van der Waals surface area contributed by atoms with Gasteiger partial charge >= 0.3 is 0 Å². The number of nitrogens with one attached hydrogen (secondary N) is 1. The molecule has 0 saturated carbocycles. The van der Waals surface area contributed by atoms with E-state index in [0.717, 1.165) is 11.1 Å². The van der Waals surface area contributed by atoms with Crippen molar-refractivity contribution >= 4 is 0 Å². The highest BCUT2D eigenvalue weighted by Gasteiger charge is 2.10. The van der Waals surface area contributed by atoms with Crippen LogP contribution in [0.4, 0.5) is 4.39 Å². The standard InChI is InChI=1S/C16H18FNO/c1-3-19-16-7-5-4-6-14(16)13-9-8-12(11-18-2)10-15(13)17/h4-10,18H,3,11H2,1-2H3. The SMILES string of the molecule is CCOc1ccccc1-c1ccc(CNC)cc1F. The Balaban J connectivity index is 2.41. The van der Waals surface area contributed by atoms with Gasteiger partial charge in [0.05, 0.1) is 6.61 Å². The van der Waals surface area contributed by atoms with Gasteiger partial charge in [-0.3, -0.25) is 0 Å². The normalized spacial score (nSPS) is 10.5. The van der Waals surface area contributed by atoms with E-state index in [0.29, 0.717) is 24.5 Å². The zero-order valence-corrected chi connectivity index (χ0v) is 11.2. The van der Waals surface area contributed by atoms with Crippen LogP contribution in [-0.4, -0.2) is 13.7 Å². The molecule has 0 bridgehead atoms. The van der Waals surface area contributed by atoms with Crippen LogP contribution < -0.4 is 10.1 Å². The molecule has 2 nitrogen and oxygen atoms in total. The quantitative estimate of drug-likeness (QED) is 0.885. The van der Waals surface area contributed by atoms with Crippen LogP contribution in [0.25, 0.3) is 11.1 Å². The maximum atomic E-state index is 14.2. The van der Waals surface area contributed by atoms with E-state index in [-0.39, 0.29) is 5.82 Å². The van der Waals surface area contributed by atoms with Gasteiger partial charge in [0.1, 0.15) is 11.6 Å². The summed E-state index contributed by atoms with van der Waals surface area (Å²) in [7, 11) is 1.84. The lowest BCUT2D eigenvalue weighted by Gasteiger charge is -2.11. The monoisotopic (exact) mass is 259 g/mol. The largest absolute Gasteiger partial charge is 0.493 e. The molecule has 0 amide bonds. The molecule has 0 aromatic heterocycles. The van der Waals surface area contributed by atoms with Crippen LogP contribution in [0.3, 0.4) is 0 Å². The fourth-order valence-corrected chi connectivity index (χ4v) is 2.06. The predicted octanol–water partition coefficient (Wildman–Crippen LogP) is 3.61. The molecule has 2 aromatic rings. The molecule has 0 unspecified atom stereocenters. The molecule has 0 aliphatic rings. The molecule has 1 N–H and O–H groups in total. The Bertz CT molecular complexity index is 554. The third-order valence-electron chi connectivity index (χ3n) is 2.89. The summed E-state index contributed by atoms with van der Waals surface area (Å²) in [4.78, 5) is 0. The summed E-state index contributed by atoms with van der Waals surface area (Å²) in [6.07, 6.45) is 0. The van der Waals surface area contributed by atoms with Crippen molar-refractivity contribution in [2.24, 2.45) is 0 Å². The highest BCUT2D eigenvalue weighted by Crippen LogP contribution is 2.32. The number of rotatable bonds is 5. The fraction of sp³-hybridized carbons (Fsp3) is 0.250. The summed E-state index contributed by atoms with van der Waals surface area (Å²) in [5, 5.41) is 3.01. The number of hydrogen-bond donors (Lipinski definition) is 1. The molecule has 0 atom stereocenters. The first-order valence-corrected chi connectivity index (χ1v) is 6.41. The van der Waals surface area contributed by atoms with E-state index in [9.17, 15) is 4.39 Å². The first-order chi connectivity index (χ1) is 9.26. The van der Waals surface area contributed by atoms with Crippen LogP contribution in [0, 0.1) is 5.82 Å². The summed E-state index contributed by atoms with van der Waals surface area (Å²) in [5.41, 5.74) is 2.29. The lowest BCUT2D eigenvalue weighted by atomic mass is 10.0. The number of ether oxygens (including phenoxy) is 1. The van der Waals surface area contributed by atoms with E-state index in [1.165, 1.54) is 0 Å². The van der Waals surface area contributed by atoms with Crippen molar-refractivity contribution in [2.45, 2.75) is 13.5 Å². The van der Waals surface area contributed by atoms with Crippen molar-refractivity contribution in [2.75, 3.05) is 13.7 Å². The Morgan fingerprint density at radius 3 is 2.58 bits per heavy atom. The second-order valence-corrected chi connectivity index (χ2v) is 4.27. The minimum absolute atomic E-state index is 0.222. The van der Waals surface area contributed by atoms with Gasteiger partial charge in [-0.1, -0.05) is 30.3 Å². The molecule has 3 heteroatoms. The first kappa shape index (κ1) is 13.6. The Morgan fingerprint density at radius 2 is 1.89 bits per heavy atom. The van der Waals surface area contributed by atoms with Gasteiger partial charge < -0.3 is 10.1 Å². The van der Waals surface area contributed by atoms with E-state index in [1.54, 1.807) is 12.1 Å². The van der Waals surface area contributed by atoms with Crippen LogP contribution in [0.15, 0.2) is 42.5 Å². The molecule has 0 radical (unpaired) electrons. The van der Waals surface area contributed by atoms with E-state index in [2.05, 4.69) is 5.32 Å². The van der Waals surface area contributed by atoms with Crippen LogP contribution in [-0.2, 0) is 6.54 Å². The van der Waals surface area contributed by atoms with Gasteiger partial charge in [0, 0.05) is 17.7 Å². The first-order valence-electron chi connectivity index (χ1n) is 6.41. The molecule has 2 aromatic carbocycles. The summed E-state index contributed by atoms with van der Waals surface area (Å²) in [6, 6.07) is 12.8. The zero-order chi connectivity index (χ0) is 13.7. The van der Waals surface area contributed by atoms with Gasteiger partial charge in [-0.15, -0.1) is 0 Å². The van der Waals surface area contributed by atoms with Crippen molar-refractivity contribution in [3.8, 4) is 16.9 Å². The van der Waals surface area contributed by atoms with Crippen molar-refractivity contribution in [1.29, 1.82) is 0 Å². The average molecular weight is 259 g/mol. The van der Waals surface area contributed by atoms with Crippen LogP contribution in [0.5, 0.6) is 5.75 Å². The average Bonchev–Trinajstić information content (AvgIpc) is 2.41. The molecule has 2 rings (SSSR count). The smallest absolute Gasteiger partial charge is 0.131 e. The molecule has 0 fully saturated rings. The summed E-state index contributed by atoms with van der Waals surface area (Å²) in [5.74, 6) is 0.491. The van der Waals surface area contributed by atoms with Crippen molar-refractivity contribution in [1.82, 2.24) is 5.32 Å². The summed E-state index contributed by atoms with van der Waals surface area (Å²) < 4.78 is 19.7. The fourth-order valence-electron chi connectivity index (χ4n) is 2.06. The number of hydrogen-bond acceptors (Lipinski definition) is 2. The Labute approximate surface area is 113 Å². The molecular formula is C16H18FNO. The van der Waals surface area contributed by atoms with Crippen molar-refractivity contribution in [3.63, 3.8) is 0 Å². The van der Waals surface area contributed by atoms with Gasteiger partial charge in [0.2, 0.25) is 0 Å². The third kappa shape index (κ3) is 3.12. The number of halogens is 1. The second-order valence-electron chi connectivity index (χ2n) is 4.27. The van der Waals surface area contributed by atoms with E-state index >= 15 is 0 Å². The Morgan fingerprint density at radius 1 is 1.11 bits per heavy atom.